The lowest BCUT2D eigenvalue weighted by molar-refractivity contribution is -0.115. The number of nitrogens with zero attached hydrogens (tertiary/aromatic N) is 1. The minimum Gasteiger partial charge on any atom is -0.397 e. The minimum absolute atomic E-state index is 0.0758. The molecule has 0 aliphatic carbocycles. The van der Waals surface area contributed by atoms with Crippen LogP contribution >= 0.6 is 0 Å². The second-order valence-electron chi connectivity index (χ2n) is 5.97. The van der Waals surface area contributed by atoms with E-state index in [0.717, 1.165) is 6.07 Å². The molecule has 8 heteroatoms. The van der Waals surface area contributed by atoms with E-state index in [9.17, 15) is 18.4 Å². The topological polar surface area (TPSA) is 97.1 Å². The Morgan fingerprint density at radius 2 is 1.64 bits per heavy atom. The van der Waals surface area contributed by atoms with Crippen molar-refractivity contribution in [1.29, 1.82) is 0 Å². The predicted molar refractivity (Wildman–Crippen MR) is 102 cm³/mol. The van der Waals surface area contributed by atoms with Crippen molar-refractivity contribution in [3.8, 4) is 0 Å². The fourth-order valence-corrected chi connectivity index (χ4v) is 2.43. The fourth-order valence-electron chi connectivity index (χ4n) is 2.43. The molecule has 4 N–H and O–H groups in total. The number of halogens is 2. The molecule has 0 saturated heterocycles. The van der Waals surface area contributed by atoms with Gasteiger partial charge in [0.15, 0.2) is 0 Å². The molecule has 0 bridgehead atoms. The van der Waals surface area contributed by atoms with Gasteiger partial charge in [0, 0.05) is 0 Å². The molecule has 2 amide bonds. The van der Waals surface area contributed by atoms with Gasteiger partial charge < -0.3 is 16.4 Å². The van der Waals surface area contributed by atoms with Crippen molar-refractivity contribution in [3.05, 3.63) is 83.7 Å². The van der Waals surface area contributed by atoms with Crippen LogP contribution in [0.25, 0.3) is 0 Å². The maximum atomic E-state index is 13.1. The summed E-state index contributed by atoms with van der Waals surface area (Å²) in [4.78, 5) is 28.3. The lowest BCUT2D eigenvalue weighted by Crippen LogP contribution is -2.17. The molecule has 0 fully saturated rings. The number of amides is 2. The van der Waals surface area contributed by atoms with Crippen LogP contribution in [0, 0.1) is 11.6 Å². The highest BCUT2D eigenvalue weighted by Gasteiger charge is 2.11. The zero-order valence-electron chi connectivity index (χ0n) is 14.6. The van der Waals surface area contributed by atoms with Crippen molar-refractivity contribution in [2.45, 2.75) is 6.42 Å². The Bertz CT molecular complexity index is 1010. The molecule has 1 heterocycles. The van der Waals surface area contributed by atoms with E-state index in [1.165, 1.54) is 54.7 Å². The maximum absolute atomic E-state index is 13.1. The fraction of sp³-hybridized carbons (Fsp3) is 0.0500. The third-order valence-electron chi connectivity index (χ3n) is 3.82. The number of hydrogen-bond donors (Lipinski definition) is 3. The van der Waals surface area contributed by atoms with E-state index in [2.05, 4.69) is 15.6 Å². The number of carbonyl (C=O) groups excluding carboxylic acids is 2. The van der Waals surface area contributed by atoms with Gasteiger partial charge in [-0.2, -0.15) is 0 Å². The van der Waals surface area contributed by atoms with E-state index in [4.69, 9.17) is 5.73 Å². The lowest BCUT2D eigenvalue weighted by atomic mass is 10.1. The normalized spacial score (nSPS) is 10.4. The highest BCUT2D eigenvalue weighted by molar-refractivity contribution is 6.04. The Morgan fingerprint density at radius 1 is 0.929 bits per heavy atom. The molecule has 0 aliphatic heterocycles. The van der Waals surface area contributed by atoms with Crippen molar-refractivity contribution in [2.24, 2.45) is 0 Å². The summed E-state index contributed by atoms with van der Waals surface area (Å²) in [7, 11) is 0. The second-order valence-corrected chi connectivity index (χ2v) is 5.97. The number of pyridine rings is 1. The van der Waals surface area contributed by atoms with E-state index >= 15 is 0 Å². The van der Waals surface area contributed by atoms with E-state index < -0.39 is 11.7 Å². The average Bonchev–Trinajstić information content (AvgIpc) is 2.66. The molecule has 0 spiro atoms. The van der Waals surface area contributed by atoms with Crippen molar-refractivity contribution in [3.63, 3.8) is 0 Å². The molecule has 3 aromatic rings. The third kappa shape index (κ3) is 4.88. The zero-order chi connectivity index (χ0) is 20.1. The summed E-state index contributed by atoms with van der Waals surface area (Å²) in [6.07, 6.45) is 1.41. The van der Waals surface area contributed by atoms with Crippen LogP contribution in [0.4, 0.5) is 25.8 Å². The molecular formula is C20H16F2N4O2. The van der Waals surface area contributed by atoms with Crippen LogP contribution in [-0.2, 0) is 11.2 Å². The number of nitrogens with one attached hydrogen (secondary N) is 2. The molecule has 28 heavy (non-hydrogen) atoms. The molecule has 0 radical (unpaired) electrons. The van der Waals surface area contributed by atoms with Gasteiger partial charge >= 0.3 is 0 Å². The predicted octanol–water partition coefficient (Wildman–Crippen LogP) is 3.38. The van der Waals surface area contributed by atoms with Crippen LogP contribution in [-0.4, -0.2) is 16.8 Å². The molecular weight excluding hydrogens is 366 g/mol. The molecule has 0 aliphatic rings. The Labute approximate surface area is 159 Å². The van der Waals surface area contributed by atoms with E-state index in [1.54, 1.807) is 0 Å². The summed E-state index contributed by atoms with van der Waals surface area (Å²) in [5.41, 5.74) is 7.19. The van der Waals surface area contributed by atoms with Gasteiger partial charge in [0.2, 0.25) is 5.91 Å². The van der Waals surface area contributed by atoms with Crippen LogP contribution in [0.5, 0.6) is 0 Å². The van der Waals surface area contributed by atoms with Gasteiger partial charge in [0.05, 0.1) is 29.7 Å². The Morgan fingerprint density at radius 3 is 2.29 bits per heavy atom. The van der Waals surface area contributed by atoms with Crippen molar-refractivity contribution in [2.75, 3.05) is 16.4 Å². The molecule has 2 aromatic carbocycles. The molecule has 142 valence electrons. The molecule has 6 nitrogen and oxygen atoms in total. The molecule has 0 saturated carbocycles. The van der Waals surface area contributed by atoms with Crippen molar-refractivity contribution in [1.82, 2.24) is 4.98 Å². The lowest BCUT2D eigenvalue weighted by Gasteiger charge is -2.09. The van der Waals surface area contributed by atoms with E-state index in [-0.39, 0.29) is 35.2 Å². The van der Waals surface area contributed by atoms with Crippen LogP contribution in [0.3, 0.4) is 0 Å². The molecule has 3 rings (SSSR count). The largest absolute Gasteiger partial charge is 0.397 e. The standard InChI is InChI=1S/C20H16F2N4O2/c21-13-3-1-12(2-4-13)9-19(27)25-15-6-8-18(24-11-15)20(28)26-17-7-5-14(22)10-16(17)23/h1-8,10-11H,9,23H2,(H,25,27)(H,26,28). The first-order chi connectivity index (χ1) is 13.4. The van der Waals surface area contributed by atoms with Gasteiger partial charge in [-0.15, -0.1) is 0 Å². The number of carbonyl (C=O) groups is 2. The Balaban J connectivity index is 1.60. The quantitative estimate of drug-likeness (QED) is 0.590. The number of nitrogens with two attached hydrogens (primary N) is 1. The Kier molecular flexibility index (Phi) is 5.59. The number of nitrogen functional groups attached to an aromatic ring is 1. The minimum atomic E-state index is -0.525. The zero-order valence-corrected chi connectivity index (χ0v) is 14.6. The van der Waals surface area contributed by atoms with Gasteiger partial charge in [-0.25, -0.2) is 13.8 Å². The second kappa shape index (κ2) is 8.26. The van der Waals surface area contributed by atoms with Crippen LogP contribution < -0.4 is 16.4 Å². The first-order valence-electron chi connectivity index (χ1n) is 8.27. The molecule has 0 atom stereocenters. The first-order valence-corrected chi connectivity index (χ1v) is 8.27. The summed E-state index contributed by atoms with van der Waals surface area (Å²) in [5.74, 6) is -1.70. The number of rotatable bonds is 5. The third-order valence-corrected chi connectivity index (χ3v) is 3.82. The summed E-state index contributed by atoms with van der Waals surface area (Å²) < 4.78 is 25.9. The van der Waals surface area contributed by atoms with Crippen molar-refractivity contribution < 1.29 is 18.4 Å². The van der Waals surface area contributed by atoms with Crippen LogP contribution in [0.2, 0.25) is 0 Å². The summed E-state index contributed by atoms with van der Waals surface area (Å²) in [6, 6.07) is 12.2. The van der Waals surface area contributed by atoms with E-state index in [0.29, 0.717) is 11.3 Å². The highest BCUT2D eigenvalue weighted by Crippen LogP contribution is 2.20. The summed E-state index contributed by atoms with van der Waals surface area (Å²) >= 11 is 0. The van der Waals surface area contributed by atoms with Gasteiger partial charge in [0.1, 0.15) is 17.3 Å². The van der Waals surface area contributed by atoms with Gasteiger partial charge in [-0.05, 0) is 48.0 Å². The van der Waals surface area contributed by atoms with Gasteiger partial charge in [-0.3, -0.25) is 9.59 Å². The monoisotopic (exact) mass is 382 g/mol. The van der Waals surface area contributed by atoms with Crippen molar-refractivity contribution >= 4 is 28.9 Å². The number of hydrogen-bond acceptors (Lipinski definition) is 4. The molecule has 0 unspecified atom stereocenters. The average molecular weight is 382 g/mol. The van der Waals surface area contributed by atoms with Gasteiger partial charge in [-0.1, -0.05) is 12.1 Å². The van der Waals surface area contributed by atoms with Crippen LogP contribution in [0.15, 0.2) is 60.8 Å². The summed E-state index contributed by atoms with van der Waals surface area (Å²) in [5, 5.41) is 5.19. The smallest absolute Gasteiger partial charge is 0.274 e. The first kappa shape index (κ1) is 19.0. The highest BCUT2D eigenvalue weighted by atomic mass is 19.1. The number of aromatic nitrogens is 1. The summed E-state index contributed by atoms with van der Waals surface area (Å²) in [6.45, 7) is 0. The Hall–Kier alpha value is -3.81. The van der Waals surface area contributed by atoms with Gasteiger partial charge in [0.25, 0.3) is 5.91 Å². The molecule has 1 aromatic heterocycles. The van der Waals surface area contributed by atoms with E-state index in [1.807, 2.05) is 0 Å². The number of anilines is 3. The van der Waals surface area contributed by atoms with Crippen LogP contribution in [0.1, 0.15) is 16.1 Å². The SMILES string of the molecule is Nc1cc(F)ccc1NC(=O)c1ccc(NC(=O)Cc2ccc(F)cc2)cn1. The number of benzene rings is 2. The maximum Gasteiger partial charge on any atom is 0.274 e.